The van der Waals surface area contributed by atoms with E-state index in [1.54, 1.807) is 47.9 Å². The largest absolute Gasteiger partial charge is 0.510 e. The van der Waals surface area contributed by atoms with Gasteiger partial charge in [-0.2, -0.15) is 18.2 Å². The Kier molecular flexibility index (Phi) is 8.83. The van der Waals surface area contributed by atoms with Crippen molar-refractivity contribution in [3.05, 3.63) is 199 Å². The summed E-state index contributed by atoms with van der Waals surface area (Å²) in [6.45, 7) is 18.6. The molecule has 5 nitrogen and oxygen atoms in total. The fourth-order valence-corrected chi connectivity index (χ4v) is 8.29. The molecule has 3 aromatic heterocycles. The zero-order valence-electron chi connectivity index (χ0n) is 50.8. The summed E-state index contributed by atoms with van der Waals surface area (Å²) in [6, 6.07) is 30.1. The number of benzene rings is 7. The summed E-state index contributed by atoms with van der Waals surface area (Å²) >= 11 is 0. The molecule has 1 atom stereocenters. The Labute approximate surface area is 426 Å². The number of nitrogens with zero attached hydrogens (tertiary/aromatic N) is 4. The van der Waals surface area contributed by atoms with Crippen molar-refractivity contribution in [3.8, 4) is 50.9 Å². The summed E-state index contributed by atoms with van der Waals surface area (Å²) in [5, 5.41) is 0.0736. The molecule has 3 heterocycles. The van der Waals surface area contributed by atoms with Gasteiger partial charge in [0.25, 0.3) is 6.33 Å². The molecule has 10 aromatic rings. The van der Waals surface area contributed by atoms with E-state index in [1.165, 1.54) is 10.8 Å². The summed E-state index contributed by atoms with van der Waals surface area (Å²) in [4.78, 5) is 4.63. The van der Waals surface area contributed by atoms with E-state index in [0.717, 1.165) is 22.3 Å². The van der Waals surface area contributed by atoms with Crippen molar-refractivity contribution in [2.75, 3.05) is 0 Å². The number of rotatable bonds is 9. The molecule has 0 N–H and O–H groups in total. The topological polar surface area (TPSA) is 35.9 Å². The Bertz CT molecular complexity index is 4070. The van der Waals surface area contributed by atoms with Gasteiger partial charge in [0.2, 0.25) is 0 Å². The third-order valence-corrected chi connectivity index (χ3v) is 12.2. The van der Waals surface area contributed by atoms with Crippen LogP contribution in [-0.2, 0) is 31.9 Å². The summed E-state index contributed by atoms with van der Waals surface area (Å²) in [7, 11) is 0. The molecule has 10 rings (SSSR count). The summed E-state index contributed by atoms with van der Waals surface area (Å²) < 4.78 is 119. The second-order valence-electron chi connectivity index (χ2n) is 19.0. The monoisotopic (exact) mass is 1070 g/mol. The molecule has 1 unspecified atom stereocenters. The number of pyridine rings is 1. The first kappa shape index (κ1) is 33.0. The van der Waals surface area contributed by atoms with Gasteiger partial charge in [-0.3, -0.25) is 4.57 Å². The first-order chi connectivity index (χ1) is 36.6. The number of imidazole rings is 1. The average Bonchev–Trinajstić information content (AvgIpc) is 4.22. The van der Waals surface area contributed by atoms with Gasteiger partial charge >= 0.3 is 0 Å². The Balaban J connectivity index is 0.00000757. The summed E-state index contributed by atoms with van der Waals surface area (Å²) in [6.07, 6.45) is 5.10. The van der Waals surface area contributed by atoms with Gasteiger partial charge in [-0.25, -0.2) is 4.98 Å². The van der Waals surface area contributed by atoms with E-state index in [-0.39, 0.29) is 107 Å². The number of para-hydroxylation sites is 4. The molecule has 67 heavy (non-hydrogen) atoms. The zero-order valence-corrected chi connectivity index (χ0v) is 41.1. The Morgan fingerprint density at radius 1 is 0.657 bits per heavy atom. The molecule has 0 aliphatic heterocycles. The van der Waals surface area contributed by atoms with Gasteiger partial charge in [0, 0.05) is 47.0 Å². The zero-order chi connectivity index (χ0) is 56.4. The van der Waals surface area contributed by atoms with E-state index in [4.69, 9.17) is 14.3 Å². The van der Waals surface area contributed by atoms with E-state index in [2.05, 4.69) is 83.2 Å². The fourth-order valence-electron chi connectivity index (χ4n) is 8.29. The van der Waals surface area contributed by atoms with Crippen molar-refractivity contribution in [2.45, 2.75) is 79.0 Å². The molecule has 6 heteroatoms. The van der Waals surface area contributed by atoms with E-state index >= 15 is 0 Å². The van der Waals surface area contributed by atoms with E-state index in [1.807, 2.05) is 54.8 Å². The molecule has 0 spiro atoms. The van der Waals surface area contributed by atoms with Gasteiger partial charge in [-0.15, -0.1) is 29.6 Å². The summed E-state index contributed by atoms with van der Waals surface area (Å²) in [5.41, 5.74) is 6.71. The Hall–Kier alpha value is -6.55. The minimum atomic E-state index is -1.06. The molecule has 7 aromatic carbocycles. The van der Waals surface area contributed by atoms with Crippen LogP contribution >= 0.6 is 0 Å². The van der Waals surface area contributed by atoms with E-state index in [0.29, 0.717) is 33.5 Å². The SMILES string of the molecule is [2H]c1c([2H])c([2H])c(-c2cccc(-c3cc(C(C)(C)C)cc(C(C)(C)C)c3)c2-[n+]2[c-]n(-c3[c-]c(Oc4[c-]c5c(c([2H])c4[2H])c4c([2H])c([2H])c([2H])c([2H])c4n5-c4cc(C([2H])(C)C(C)C)ccn4)ccc3)c3ccccc32)c([2H])c1[2H].[Pt]. The summed E-state index contributed by atoms with van der Waals surface area (Å²) in [5.74, 6) is -1.01. The quantitative estimate of drug-likeness (QED) is 0.107. The smallest absolute Gasteiger partial charge is 0.268 e. The van der Waals surface area contributed by atoms with Crippen LogP contribution in [0.25, 0.3) is 72.3 Å². The molecule has 0 aliphatic rings. The normalized spacial score (nSPS) is 15.5. The minimum absolute atomic E-state index is 0. The van der Waals surface area contributed by atoms with Gasteiger partial charge in [0.1, 0.15) is 5.82 Å². The van der Waals surface area contributed by atoms with Crippen LogP contribution in [0.15, 0.2) is 164 Å². The predicted molar refractivity (Wildman–Crippen MR) is 271 cm³/mol. The van der Waals surface area contributed by atoms with Gasteiger partial charge in [-0.05, 0) is 92.2 Å². The maximum atomic E-state index is 9.42. The Morgan fingerprint density at radius 3 is 2.07 bits per heavy atom. The molecule has 0 saturated heterocycles. The second-order valence-corrected chi connectivity index (χ2v) is 19.0. The molecule has 0 saturated carbocycles. The molecule has 0 aliphatic carbocycles. The van der Waals surface area contributed by atoms with Crippen LogP contribution in [0.3, 0.4) is 0 Å². The third-order valence-electron chi connectivity index (χ3n) is 12.2. The van der Waals surface area contributed by atoms with Gasteiger partial charge in [-0.1, -0.05) is 177 Å². The van der Waals surface area contributed by atoms with E-state index < -0.39 is 48.2 Å². The number of aromatic nitrogens is 4. The van der Waals surface area contributed by atoms with Crippen molar-refractivity contribution in [1.29, 1.82) is 0 Å². The van der Waals surface area contributed by atoms with Crippen LogP contribution < -0.4 is 9.30 Å². The fraction of sp³-hybridized carbons (Fsp3) is 0.213. The van der Waals surface area contributed by atoms with E-state index in [9.17, 15) is 6.85 Å². The Morgan fingerprint density at radius 2 is 1.34 bits per heavy atom. The first-order valence-corrected chi connectivity index (χ1v) is 22.1. The number of ether oxygens (including phenoxy) is 1. The molecule has 0 fully saturated rings. The third kappa shape index (κ3) is 8.67. The average molecular weight is 1070 g/mol. The van der Waals surface area contributed by atoms with Gasteiger partial charge in [0.15, 0.2) is 0 Å². The standard InChI is InChI=1S/C61H56N4O.Pt/c1-40(2)41(3)43-31-32-62-58(35-43)65-54-26-14-13-23-52(54)53-30-29-49(38-57(53)65)66-48-22-17-21-47(37-48)63-39-64(56-28-16-15-27-55(56)63)59-50(42-19-11-10-12-20-42)24-18-25-51(59)44-33-45(60(4,5)6)36-46(34-44)61(7,8)9;/h10-36,40-41H,1-9H3;/q-2;/i10D,11D,12D,13D,14D,19D,20D,23D,26D,29D,30D,41D;. The predicted octanol–water partition coefficient (Wildman–Crippen LogP) is 15.3. The van der Waals surface area contributed by atoms with Gasteiger partial charge < -0.3 is 13.9 Å². The maximum Gasteiger partial charge on any atom is 0.268 e. The van der Waals surface area contributed by atoms with Crippen LogP contribution in [0, 0.1) is 24.4 Å². The van der Waals surface area contributed by atoms with Crippen molar-refractivity contribution < 1.29 is 46.8 Å². The molecule has 0 amide bonds. The van der Waals surface area contributed by atoms with Crippen LogP contribution in [0.1, 0.15) is 101 Å². The molecular formula is C61H56N4OPt-2. The minimum Gasteiger partial charge on any atom is -0.510 e. The molecule has 0 radical (unpaired) electrons. The van der Waals surface area contributed by atoms with Crippen molar-refractivity contribution in [2.24, 2.45) is 5.92 Å². The molecule has 338 valence electrons. The first-order valence-electron chi connectivity index (χ1n) is 28.1. The van der Waals surface area contributed by atoms with Crippen molar-refractivity contribution in [1.82, 2.24) is 14.1 Å². The van der Waals surface area contributed by atoms with Crippen LogP contribution in [-0.4, -0.2) is 14.1 Å². The molecular weight excluding hydrogens is 1000 g/mol. The van der Waals surface area contributed by atoms with Crippen LogP contribution in [0.2, 0.25) is 0 Å². The number of fused-ring (bicyclic) bond motifs is 4. The molecule has 0 bridgehead atoms. The maximum absolute atomic E-state index is 9.42. The van der Waals surface area contributed by atoms with Crippen molar-refractivity contribution in [3.63, 3.8) is 0 Å². The van der Waals surface area contributed by atoms with Crippen molar-refractivity contribution >= 4 is 32.8 Å². The van der Waals surface area contributed by atoms with Crippen LogP contribution in [0.4, 0.5) is 0 Å². The van der Waals surface area contributed by atoms with Crippen LogP contribution in [0.5, 0.6) is 11.5 Å². The van der Waals surface area contributed by atoms with Gasteiger partial charge in [0.05, 0.1) is 29.1 Å². The second kappa shape index (κ2) is 17.9. The number of hydrogen-bond donors (Lipinski definition) is 0. The number of hydrogen-bond acceptors (Lipinski definition) is 2.